The lowest BCUT2D eigenvalue weighted by atomic mass is 10.3. The molecule has 19 heavy (non-hydrogen) atoms. The highest BCUT2D eigenvalue weighted by atomic mass is 19.0. The van der Waals surface area contributed by atoms with Crippen molar-refractivity contribution in [3.8, 4) is 0 Å². The van der Waals surface area contributed by atoms with Gasteiger partial charge in [0, 0.05) is 18.5 Å². The molecule has 0 bridgehead atoms. The fraction of sp³-hybridized carbons (Fsp3) is 0.538. The van der Waals surface area contributed by atoms with E-state index >= 15 is 0 Å². The summed E-state index contributed by atoms with van der Waals surface area (Å²) in [6.07, 6.45) is 2.06. The van der Waals surface area contributed by atoms with E-state index in [1.807, 2.05) is 0 Å². The lowest BCUT2D eigenvalue weighted by molar-refractivity contribution is -0.870. The topological polar surface area (TPSA) is 72.2 Å². The number of carbonyl (C=O) groups is 2. The van der Waals surface area contributed by atoms with Gasteiger partial charge in [-0.05, 0) is 13.0 Å². The molecule has 0 spiro atoms. The first kappa shape index (κ1) is 22.5. The first-order chi connectivity index (χ1) is 8.10. The molecule has 0 aromatic rings. The van der Waals surface area contributed by atoms with Crippen LogP contribution >= 0.6 is 0 Å². The number of halogens is 1. The van der Waals surface area contributed by atoms with Crippen molar-refractivity contribution in [2.45, 2.75) is 13.3 Å². The van der Waals surface area contributed by atoms with Crippen LogP contribution in [0.4, 0.5) is 4.70 Å². The lowest BCUT2D eigenvalue weighted by Crippen LogP contribution is -2.37. The first-order valence-electron chi connectivity index (χ1n) is 5.76. The SMILES string of the molecule is C=C(C)C(=O)NCCC[N+](C)(C)C.C=CC(N)=O.F. The maximum absolute atomic E-state index is 11.1. The van der Waals surface area contributed by atoms with Gasteiger partial charge in [-0.3, -0.25) is 14.3 Å². The third-order valence-corrected chi connectivity index (χ3v) is 1.88. The Kier molecular flexibility index (Phi) is 13.5. The molecule has 0 aromatic carbocycles. The van der Waals surface area contributed by atoms with Gasteiger partial charge in [0.15, 0.2) is 0 Å². The van der Waals surface area contributed by atoms with Crippen LogP contribution in [0.25, 0.3) is 0 Å². The van der Waals surface area contributed by atoms with Crippen molar-refractivity contribution in [1.82, 2.24) is 5.32 Å². The van der Waals surface area contributed by atoms with Crippen LogP contribution in [0.5, 0.6) is 0 Å². The molecule has 112 valence electrons. The Bertz CT molecular complexity index is 310. The molecule has 5 nitrogen and oxygen atoms in total. The second-order valence-corrected chi connectivity index (χ2v) is 5.01. The number of primary amides is 1. The van der Waals surface area contributed by atoms with Crippen molar-refractivity contribution in [3.05, 3.63) is 24.8 Å². The minimum Gasteiger partial charge on any atom is -0.366 e. The molecule has 2 amide bonds. The summed E-state index contributed by atoms with van der Waals surface area (Å²) in [4.78, 5) is 20.5. The molecule has 0 aliphatic rings. The number of nitrogens with one attached hydrogen (secondary N) is 1. The monoisotopic (exact) mass is 276 g/mol. The van der Waals surface area contributed by atoms with E-state index in [9.17, 15) is 9.59 Å². The number of nitrogens with zero attached hydrogens (tertiary/aromatic N) is 1. The zero-order valence-electron chi connectivity index (χ0n) is 12.4. The van der Waals surface area contributed by atoms with Crippen LogP contribution in [-0.4, -0.2) is 50.5 Å². The minimum atomic E-state index is -0.481. The van der Waals surface area contributed by atoms with Crippen LogP contribution in [0.15, 0.2) is 24.8 Å². The van der Waals surface area contributed by atoms with Crippen molar-refractivity contribution in [2.24, 2.45) is 5.73 Å². The molecule has 0 atom stereocenters. The lowest BCUT2D eigenvalue weighted by Gasteiger charge is -2.23. The summed E-state index contributed by atoms with van der Waals surface area (Å²) in [7, 11) is 6.42. The van der Waals surface area contributed by atoms with Gasteiger partial charge in [-0.1, -0.05) is 13.2 Å². The van der Waals surface area contributed by atoms with E-state index in [2.05, 4.69) is 45.4 Å². The van der Waals surface area contributed by atoms with E-state index in [4.69, 9.17) is 0 Å². The molecule has 0 unspecified atom stereocenters. The third-order valence-electron chi connectivity index (χ3n) is 1.88. The van der Waals surface area contributed by atoms with Crippen molar-refractivity contribution < 1.29 is 18.8 Å². The van der Waals surface area contributed by atoms with Gasteiger partial charge in [0.05, 0.1) is 27.7 Å². The van der Waals surface area contributed by atoms with Gasteiger partial charge in [0.2, 0.25) is 11.8 Å². The highest BCUT2D eigenvalue weighted by Crippen LogP contribution is 1.92. The predicted octanol–water partition coefficient (Wildman–Crippen LogP) is 0.585. The third kappa shape index (κ3) is 22.0. The molecule has 0 saturated carbocycles. The number of carbonyl (C=O) groups excluding carboxylic acids is 2. The summed E-state index contributed by atoms with van der Waals surface area (Å²) in [6.45, 7) is 10.2. The number of nitrogens with two attached hydrogens (primary N) is 1. The zero-order chi connectivity index (χ0) is 14.8. The number of amides is 2. The molecule has 0 radical (unpaired) electrons. The fourth-order valence-corrected chi connectivity index (χ4v) is 0.906. The number of hydrogen-bond donors (Lipinski definition) is 2. The summed E-state index contributed by atoms with van der Waals surface area (Å²) in [5.41, 5.74) is 5.11. The second-order valence-electron chi connectivity index (χ2n) is 5.01. The first-order valence-corrected chi connectivity index (χ1v) is 5.76. The van der Waals surface area contributed by atoms with E-state index in [1.54, 1.807) is 6.92 Å². The molecule has 0 heterocycles. The average molecular weight is 276 g/mol. The Labute approximate surface area is 115 Å². The molecule has 0 rings (SSSR count). The van der Waals surface area contributed by atoms with E-state index in [0.717, 1.165) is 30.1 Å². The van der Waals surface area contributed by atoms with Crippen LogP contribution in [0, 0.1) is 0 Å². The Morgan fingerprint density at radius 1 is 1.32 bits per heavy atom. The number of rotatable bonds is 6. The Hall–Kier alpha value is -1.69. The Balaban J connectivity index is -0.000000366. The maximum atomic E-state index is 11.1. The Morgan fingerprint density at radius 3 is 2.00 bits per heavy atom. The van der Waals surface area contributed by atoms with Crippen molar-refractivity contribution in [1.29, 1.82) is 0 Å². The molecular formula is C13H27FN3O2+. The molecule has 0 aliphatic heterocycles. The quantitative estimate of drug-likeness (QED) is 0.423. The fourth-order valence-electron chi connectivity index (χ4n) is 0.906. The largest absolute Gasteiger partial charge is 0.366 e. The van der Waals surface area contributed by atoms with Crippen molar-refractivity contribution >= 4 is 11.8 Å². The van der Waals surface area contributed by atoms with Gasteiger partial charge in [-0.15, -0.1) is 0 Å². The average Bonchev–Trinajstić information content (AvgIpc) is 2.23. The normalized spacial score (nSPS) is 9.26. The van der Waals surface area contributed by atoms with Gasteiger partial charge in [0.1, 0.15) is 0 Å². The zero-order valence-corrected chi connectivity index (χ0v) is 12.4. The number of hydrogen-bond acceptors (Lipinski definition) is 2. The van der Waals surface area contributed by atoms with Gasteiger partial charge >= 0.3 is 0 Å². The molecule has 0 aromatic heterocycles. The van der Waals surface area contributed by atoms with Gasteiger partial charge in [0.25, 0.3) is 0 Å². The van der Waals surface area contributed by atoms with Crippen molar-refractivity contribution in [2.75, 3.05) is 34.2 Å². The molecule has 0 fully saturated rings. The molecular weight excluding hydrogens is 249 g/mol. The van der Waals surface area contributed by atoms with E-state index in [1.165, 1.54) is 0 Å². The summed E-state index contributed by atoms with van der Waals surface area (Å²) in [5, 5.41) is 2.81. The highest BCUT2D eigenvalue weighted by Gasteiger charge is 2.06. The smallest absolute Gasteiger partial charge is 0.246 e. The van der Waals surface area contributed by atoms with Crippen molar-refractivity contribution in [3.63, 3.8) is 0 Å². The van der Waals surface area contributed by atoms with E-state index in [0.29, 0.717) is 5.57 Å². The maximum Gasteiger partial charge on any atom is 0.246 e. The predicted molar refractivity (Wildman–Crippen MR) is 77.2 cm³/mol. The molecule has 3 N–H and O–H groups in total. The van der Waals surface area contributed by atoms with Crippen LogP contribution in [0.1, 0.15) is 13.3 Å². The van der Waals surface area contributed by atoms with Crippen LogP contribution in [-0.2, 0) is 9.59 Å². The summed E-state index contributed by atoms with van der Waals surface area (Å²) < 4.78 is 0.933. The molecule has 0 saturated heterocycles. The van der Waals surface area contributed by atoms with Gasteiger partial charge in [-0.2, -0.15) is 0 Å². The van der Waals surface area contributed by atoms with Crippen LogP contribution in [0.3, 0.4) is 0 Å². The van der Waals surface area contributed by atoms with E-state index in [-0.39, 0.29) is 10.6 Å². The van der Waals surface area contributed by atoms with Crippen LogP contribution in [0.2, 0.25) is 0 Å². The molecule has 0 aliphatic carbocycles. The standard InChI is InChI=1S/C10H20N2O.C3H5NO.FH/c1-9(2)10(13)11-7-6-8-12(3,4)5;1-2-3(4)5;/h1,6-8H2,2-5H3;2H,1H2,(H2,4,5);1H/p+1. The van der Waals surface area contributed by atoms with Crippen LogP contribution < -0.4 is 11.1 Å². The summed E-state index contributed by atoms with van der Waals surface area (Å²) in [5.74, 6) is -0.522. The van der Waals surface area contributed by atoms with Gasteiger partial charge in [-0.25, -0.2) is 0 Å². The summed E-state index contributed by atoms with van der Waals surface area (Å²) in [6, 6.07) is 0. The minimum absolute atomic E-state index is 0. The number of quaternary nitrogens is 1. The summed E-state index contributed by atoms with van der Waals surface area (Å²) >= 11 is 0. The molecule has 6 heteroatoms. The van der Waals surface area contributed by atoms with Gasteiger partial charge < -0.3 is 15.5 Å². The van der Waals surface area contributed by atoms with E-state index < -0.39 is 5.91 Å². The second kappa shape index (κ2) is 11.4. The highest BCUT2D eigenvalue weighted by molar-refractivity contribution is 5.92. The Morgan fingerprint density at radius 2 is 1.74 bits per heavy atom.